The molecule has 0 spiro atoms. The fraction of sp³-hybridized carbons (Fsp3) is 0.0556. The summed E-state index contributed by atoms with van der Waals surface area (Å²) in [5.41, 5.74) is 4.56. The van der Waals surface area contributed by atoms with Gasteiger partial charge in [-0.2, -0.15) is 0 Å². The van der Waals surface area contributed by atoms with Gasteiger partial charge in [0, 0.05) is 31.9 Å². The number of hydrogen-bond donors (Lipinski definition) is 0. The Kier molecular flexibility index (Phi) is 3.62. The van der Waals surface area contributed by atoms with Gasteiger partial charge in [0.2, 0.25) is 0 Å². The number of benzene rings is 2. The van der Waals surface area contributed by atoms with Crippen LogP contribution < -0.4 is 0 Å². The number of pyridine rings is 1. The van der Waals surface area contributed by atoms with Crippen molar-refractivity contribution in [2.24, 2.45) is 0 Å². The van der Waals surface area contributed by atoms with E-state index in [2.05, 4.69) is 65.0 Å². The van der Waals surface area contributed by atoms with Crippen LogP contribution in [-0.2, 0) is 20.1 Å². The van der Waals surface area contributed by atoms with Crippen molar-refractivity contribution < 1.29 is 20.1 Å². The summed E-state index contributed by atoms with van der Waals surface area (Å²) in [7, 11) is 0. The third-order valence-corrected chi connectivity index (χ3v) is 3.73. The molecular weight excluding hydrogens is 436 g/mol. The minimum Gasteiger partial charge on any atom is -0.341 e. The molecule has 0 aliphatic carbocycles. The molecule has 0 N–H and O–H groups in total. The molecule has 0 saturated heterocycles. The molecule has 4 aromatic rings. The van der Waals surface area contributed by atoms with Crippen LogP contribution in [0, 0.1) is 13.0 Å². The van der Waals surface area contributed by atoms with Crippen LogP contribution in [0.5, 0.6) is 0 Å². The predicted octanol–water partition coefficient (Wildman–Crippen LogP) is 4.26. The standard InChI is InChI=1S/C18H13N2.Ir/c1-13-6-2-4-8-15(13)17-12-19-18-16-9-5-3-7-14(16)10-11-20(17)18;/h2-8,10-12H,1H3;/q-1;. The van der Waals surface area contributed by atoms with Crippen LogP contribution in [0.4, 0.5) is 0 Å². The number of hydrogen-bond acceptors (Lipinski definition) is 1. The molecule has 105 valence electrons. The summed E-state index contributed by atoms with van der Waals surface area (Å²) in [6, 6.07) is 19.8. The van der Waals surface area contributed by atoms with Crippen molar-refractivity contribution in [3.63, 3.8) is 0 Å². The van der Waals surface area contributed by atoms with Crippen LogP contribution in [-0.4, -0.2) is 9.38 Å². The van der Waals surface area contributed by atoms with Crippen molar-refractivity contribution in [3.05, 3.63) is 72.6 Å². The van der Waals surface area contributed by atoms with Crippen LogP contribution >= 0.6 is 0 Å². The van der Waals surface area contributed by atoms with E-state index in [0.717, 1.165) is 16.7 Å². The maximum Gasteiger partial charge on any atom is 0.0631 e. The van der Waals surface area contributed by atoms with E-state index in [0.29, 0.717) is 0 Å². The molecule has 4 rings (SSSR count). The maximum absolute atomic E-state index is 4.60. The number of imidazole rings is 1. The zero-order chi connectivity index (χ0) is 13.5. The van der Waals surface area contributed by atoms with Gasteiger partial charge in [0.1, 0.15) is 0 Å². The molecular formula is C18H13IrN2-. The summed E-state index contributed by atoms with van der Waals surface area (Å²) >= 11 is 0. The van der Waals surface area contributed by atoms with E-state index in [4.69, 9.17) is 0 Å². The van der Waals surface area contributed by atoms with Gasteiger partial charge in [0.05, 0.1) is 11.3 Å². The molecule has 0 aliphatic heterocycles. The van der Waals surface area contributed by atoms with Crippen molar-refractivity contribution in [1.29, 1.82) is 0 Å². The van der Waals surface area contributed by atoms with Gasteiger partial charge in [-0.05, 0) is 18.7 Å². The number of rotatable bonds is 1. The van der Waals surface area contributed by atoms with E-state index in [1.165, 1.54) is 16.5 Å². The molecule has 3 heteroatoms. The van der Waals surface area contributed by atoms with Gasteiger partial charge >= 0.3 is 0 Å². The van der Waals surface area contributed by atoms with Crippen LogP contribution in [0.2, 0.25) is 0 Å². The van der Waals surface area contributed by atoms with Gasteiger partial charge in [0.15, 0.2) is 0 Å². The molecule has 2 aromatic carbocycles. The summed E-state index contributed by atoms with van der Waals surface area (Å²) in [4.78, 5) is 4.60. The SMILES string of the molecule is Cc1ccccc1-c1cnc2c3[c-]cccc3ccn12.[Ir]. The van der Waals surface area contributed by atoms with E-state index >= 15 is 0 Å². The molecule has 0 aliphatic rings. The quantitative estimate of drug-likeness (QED) is 0.397. The molecule has 0 saturated carbocycles. The molecule has 0 unspecified atom stereocenters. The Hall–Kier alpha value is -1.96. The molecule has 0 fully saturated rings. The minimum absolute atomic E-state index is 0. The Balaban J connectivity index is 0.00000132. The summed E-state index contributed by atoms with van der Waals surface area (Å²) < 4.78 is 2.14. The first kappa shape index (κ1) is 14.0. The first-order valence-electron chi connectivity index (χ1n) is 6.67. The molecule has 21 heavy (non-hydrogen) atoms. The number of aryl methyl sites for hydroxylation is 1. The van der Waals surface area contributed by atoms with Gasteiger partial charge < -0.3 is 4.40 Å². The Labute approximate surface area is 136 Å². The van der Waals surface area contributed by atoms with Crippen molar-refractivity contribution >= 4 is 16.4 Å². The van der Waals surface area contributed by atoms with E-state index < -0.39 is 0 Å². The summed E-state index contributed by atoms with van der Waals surface area (Å²) in [6.07, 6.45) is 4.03. The van der Waals surface area contributed by atoms with E-state index in [-0.39, 0.29) is 20.1 Å². The Bertz CT molecular complexity index is 925. The van der Waals surface area contributed by atoms with Crippen molar-refractivity contribution in [1.82, 2.24) is 9.38 Å². The zero-order valence-corrected chi connectivity index (χ0v) is 13.9. The second-order valence-corrected chi connectivity index (χ2v) is 4.97. The maximum atomic E-state index is 4.60. The largest absolute Gasteiger partial charge is 0.341 e. The molecule has 2 heterocycles. The van der Waals surface area contributed by atoms with Crippen molar-refractivity contribution in [2.45, 2.75) is 6.92 Å². The molecule has 0 amide bonds. The first-order valence-corrected chi connectivity index (χ1v) is 6.67. The topological polar surface area (TPSA) is 17.3 Å². The monoisotopic (exact) mass is 450 g/mol. The Morgan fingerprint density at radius 3 is 2.76 bits per heavy atom. The molecule has 2 nitrogen and oxygen atoms in total. The van der Waals surface area contributed by atoms with Crippen LogP contribution in [0.3, 0.4) is 0 Å². The van der Waals surface area contributed by atoms with Gasteiger partial charge in [-0.25, -0.2) is 0 Å². The van der Waals surface area contributed by atoms with Crippen molar-refractivity contribution in [3.8, 4) is 11.3 Å². The van der Waals surface area contributed by atoms with Gasteiger partial charge in [-0.15, -0.1) is 35.0 Å². The van der Waals surface area contributed by atoms with E-state index in [9.17, 15) is 0 Å². The minimum atomic E-state index is 0. The fourth-order valence-corrected chi connectivity index (χ4v) is 2.69. The average molecular weight is 450 g/mol. The first-order chi connectivity index (χ1) is 9.84. The van der Waals surface area contributed by atoms with Crippen LogP contribution in [0.25, 0.3) is 27.7 Å². The van der Waals surface area contributed by atoms with Gasteiger partial charge in [-0.1, -0.05) is 30.3 Å². The number of nitrogens with zero attached hydrogens (tertiary/aromatic N) is 2. The molecule has 2 aromatic heterocycles. The van der Waals surface area contributed by atoms with Gasteiger partial charge in [0.25, 0.3) is 0 Å². The Morgan fingerprint density at radius 1 is 1.05 bits per heavy atom. The second kappa shape index (κ2) is 5.44. The second-order valence-electron chi connectivity index (χ2n) is 4.97. The van der Waals surface area contributed by atoms with Crippen LogP contribution in [0.1, 0.15) is 5.56 Å². The zero-order valence-electron chi connectivity index (χ0n) is 11.5. The number of fused-ring (bicyclic) bond motifs is 3. The summed E-state index contributed by atoms with van der Waals surface area (Å²) in [5.74, 6) is 0. The van der Waals surface area contributed by atoms with Crippen LogP contribution in [0.15, 0.2) is 60.9 Å². The molecule has 1 radical (unpaired) electrons. The predicted molar refractivity (Wildman–Crippen MR) is 81.7 cm³/mol. The average Bonchev–Trinajstić information content (AvgIpc) is 2.92. The van der Waals surface area contributed by atoms with E-state index in [1.54, 1.807) is 0 Å². The third-order valence-electron chi connectivity index (χ3n) is 3.73. The summed E-state index contributed by atoms with van der Waals surface area (Å²) in [5, 5.41) is 2.23. The summed E-state index contributed by atoms with van der Waals surface area (Å²) in [6.45, 7) is 2.13. The number of aromatic nitrogens is 2. The van der Waals surface area contributed by atoms with Crippen molar-refractivity contribution in [2.75, 3.05) is 0 Å². The normalized spacial score (nSPS) is 10.7. The molecule has 0 bridgehead atoms. The third kappa shape index (κ3) is 2.19. The fourth-order valence-electron chi connectivity index (χ4n) is 2.69. The Morgan fingerprint density at radius 2 is 1.90 bits per heavy atom. The van der Waals surface area contributed by atoms with E-state index in [1.807, 2.05) is 18.3 Å². The molecule has 0 atom stereocenters. The van der Waals surface area contributed by atoms with Gasteiger partial charge in [-0.3, -0.25) is 4.98 Å². The smallest absolute Gasteiger partial charge is 0.0631 e.